The number of hydrogen-bond donors (Lipinski definition) is 1. The van der Waals surface area contributed by atoms with Crippen LogP contribution >= 0.6 is 40.2 Å². The number of halogens is 2. The molecule has 1 aliphatic rings. The molecular weight excluding hydrogens is 362 g/mol. The summed E-state index contributed by atoms with van der Waals surface area (Å²) in [6.45, 7) is 0.622. The van der Waals surface area contributed by atoms with Gasteiger partial charge in [0.2, 0.25) is 11.2 Å². The van der Waals surface area contributed by atoms with Crippen LogP contribution in [0.5, 0.6) is 0 Å². The highest BCUT2D eigenvalue weighted by Gasteiger charge is 2.31. The first-order valence-electron chi connectivity index (χ1n) is 6.12. The normalized spacial score (nSPS) is 19.1. The van der Waals surface area contributed by atoms with Crippen LogP contribution < -0.4 is 4.90 Å². The predicted octanol–water partition coefficient (Wildman–Crippen LogP) is 3.33. The smallest absolute Gasteiger partial charge is 0.228 e. The Hall–Kier alpha value is -0.850. The molecule has 0 radical (unpaired) electrons. The van der Waals surface area contributed by atoms with Gasteiger partial charge in [0.05, 0.1) is 5.52 Å². The largest absolute Gasteiger partial charge is 0.296 e. The SMILES string of the molecule is O=C1CC(CS)CN1c1nc(Cl)nc2ccc(Br)cc12. The summed E-state index contributed by atoms with van der Waals surface area (Å²) >= 11 is 13.7. The molecule has 7 heteroatoms. The number of benzene rings is 1. The topological polar surface area (TPSA) is 46.1 Å². The average Bonchev–Trinajstić information content (AvgIpc) is 2.79. The van der Waals surface area contributed by atoms with Crippen LogP contribution in [0.2, 0.25) is 5.28 Å². The number of amides is 1. The van der Waals surface area contributed by atoms with Gasteiger partial charge in [-0.05, 0) is 41.5 Å². The monoisotopic (exact) mass is 371 g/mol. The standard InChI is InChI=1S/C13H11BrClN3OS/c14-8-1-2-10-9(4-8)12(17-13(15)16-10)18-5-7(6-20)3-11(18)19/h1-2,4,7,20H,3,5-6H2. The quantitative estimate of drug-likeness (QED) is 0.650. The summed E-state index contributed by atoms with van der Waals surface area (Å²) < 4.78 is 0.912. The lowest BCUT2D eigenvalue weighted by atomic mass is 10.1. The molecular formula is C13H11BrClN3OS. The van der Waals surface area contributed by atoms with Crippen molar-refractivity contribution in [2.45, 2.75) is 6.42 Å². The van der Waals surface area contributed by atoms with E-state index in [4.69, 9.17) is 11.6 Å². The third-order valence-corrected chi connectivity index (χ3v) is 4.51. The maximum Gasteiger partial charge on any atom is 0.228 e. The minimum absolute atomic E-state index is 0.0556. The van der Waals surface area contributed by atoms with Crippen LogP contribution in [0, 0.1) is 5.92 Å². The lowest BCUT2D eigenvalue weighted by Gasteiger charge is -2.17. The van der Waals surface area contributed by atoms with Crippen LogP contribution in [0.15, 0.2) is 22.7 Å². The number of rotatable bonds is 2. The van der Waals surface area contributed by atoms with E-state index in [1.54, 1.807) is 4.90 Å². The zero-order chi connectivity index (χ0) is 14.3. The molecule has 2 heterocycles. The molecule has 0 bridgehead atoms. The van der Waals surface area contributed by atoms with Gasteiger partial charge < -0.3 is 0 Å². The molecule has 1 fully saturated rings. The molecule has 1 aliphatic heterocycles. The molecule has 1 aromatic carbocycles. The second-order valence-electron chi connectivity index (χ2n) is 4.73. The van der Waals surface area contributed by atoms with Gasteiger partial charge in [0.1, 0.15) is 5.82 Å². The van der Waals surface area contributed by atoms with E-state index < -0.39 is 0 Å². The van der Waals surface area contributed by atoms with Crippen molar-refractivity contribution >= 4 is 62.8 Å². The summed E-state index contributed by atoms with van der Waals surface area (Å²) in [5.74, 6) is 1.57. The third-order valence-electron chi connectivity index (χ3n) is 3.33. The number of aromatic nitrogens is 2. The van der Waals surface area contributed by atoms with Crippen molar-refractivity contribution in [1.82, 2.24) is 9.97 Å². The highest BCUT2D eigenvalue weighted by Crippen LogP contribution is 2.32. The van der Waals surface area contributed by atoms with E-state index in [0.29, 0.717) is 24.5 Å². The van der Waals surface area contributed by atoms with Crippen molar-refractivity contribution in [2.24, 2.45) is 5.92 Å². The number of carbonyl (C=O) groups is 1. The molecule has 1 atom stereocenters. The summed E-state index contributed by atoms with van der Waals surface area (Å²) in [7, 11) is 0. The fourth-order valence-corrected chi connectivity index (χ4v) is 3.15. The van der Waals surface area contributed by atoms with Gasteiger partial charge in [-0.3, -0.25) is 9.69 Å². The minimum Gasteiger partial charge on any atom is -0.296 e. The highest BCUT2D eigenvalue weighted by molar-refractivity contribution is 9.10. The number of thiol groups is 1. The molecule has 20 heavy (non-hydrogen) atoms. The molecule has 0 N–H and O–H groups in total. The average molecular weight is 373 g/mol. The second-order valence-corrected chi connectivity index (χ2v) is 6.35. The molecule has 3 rings (SSSR count). The van der Waals surface area contributed by atoms with Crippen molar-refractivity contribution in [2.75, 3.05) is 17.2 Å². The maximum absolute atomic E-state index is 12.2. The molecule has 104 valence electrons. The Morgan fingerprint density at radius 1 is 1.45 bits per heavy atom. The summed E-state index contributed by atoms with van der Waals surface area (Å²) in [6.07, 6.45) is 0.501. The van der Waals surface area contributed by atoms with Gasteiger partial charge in [-0.25, -0.2) is 4.98 Å². The third kappa shape index (κ3) is 2.52. The fraction of sp³-hybridized carbons (Fsp3) is 0.308. The van der Waals surface area contributed by atoms with Crippen molar-refractivity contribution in [3.8, 4) is 0 Å². The number of anilines is 1. The zero-order valence-corrected chi connectivity index (χ0v) is 13.6. The van der Waals surface area contributed by atoms with E-state index in [0.717, 1.165) is 15.4 Å². The Balaban J connectivity index is 2.15. The van der Waals surface area contributed by atoms with E-state index in [9.17, 15) is 4.79 Å². The molecule has 2 aromatic rings. The highest BCUT2D eigenvalue weighted by atomic mass is 79.9. The van der Waals surface area contributed by atoms with Gasteiger partial charge in [-0.2, -0.15) is 17.6 Å². The summed E-state index contributed by atoms with van der Waals surface area (Å²) in [4.78, 5) is 22.3. The lowest BCUT2D eigenvalue weighted by Crippen LogP contribution is -2.26. The molecule has 4 nitrogen and oxygen atoms in total. The molecule has 1 unspecified atom stereocenters. The van der Waals surface area contributed by atoms with Crippen LogP contribution in [0.25, 0.3) is 10.9 Å². The van der Waals surface area contributed by atoms with Gasteiger partial charge in [-0.1, -0.05) is 15.9 Å². The Labute approximate surface area is 135 Å². The van der Waals surface area contributed by atoms with Gasteiger partial charge >= 0.3 is 0 Å². The van der Waals surface area contributed by atoms with Crippen LogP contribution in [-0.4, -0.2) is 28.2 Å². The van der Waals surface area contributed by atoms with Crippen LogP contribution in [0.4, 0.5) is 5.82 Å². The maximum atomic E-state index is 12.2. The van der Waals surface area contributed by atoms with E-state index in [1.807, 2.05) is 18.2 Å². The van der Waals surface area contributed by atoms with Crippen LogP contribution in [0.1, 0.15) is 6.42 Å². The number of nitrogens with zero attached hydrogens (tertiary/aromatic N) is 3. The van der Waals surface area contributed by atoms with E-state index in [1.165, 1.54) is 0 Å². The van der Waals surface area contributed by atoms with Gasteiger partial charge in [0.15, 0.2) is 0 Å². The predicted molar refractivity (Wildman–Crippen MR) is 86.6 cm³/mol. The lowest BCUT2D eigenvalue weighted by molar-refractivity contribution is -0.117. The second kappa shape index (κ2) is 5.50. The summed E-state index contributed by atoms with van der Waals surface area (Å²) in [5, 5.41) is 0.967. The van der Waals surface area contributed by atoms with Crippen molar-refractivity contribution < 1.29 is 4.79 Å². The summed E-state index contributed by atoms with van der Waals surface area (Å²) in [5.41, 5.74) is 0.727. The van der Waals surface area contributed by atoms with Crippen LogP contribution in [-0.2, 0) is 4.79 Å². The van der Waals surface area contributed by atoms with Gasteiger partial charge in [0, 0.05) is 22.8 Å². The van der Waals surface area contributed by atoms with E-state index >= 15 is 0 Å². The Morgan fingerprint density at radius 2 is 2.25 bits per heavy atom. The molecule has 1 aromatic heterocycles. The Bertz CT molecular complexity index is 697. The molecule has 0 aliphatic carbocycles. The number of fused-ring (bicyclic) bond motifs is 1. The van der Waals surface area contributed by atoms with E-state index in [2.05, 4.69) is 38.5 Å². The first-order chi connectivity index (χ1) is 9.58. The van der Waals surface area contributed by atoms with Crippen molar-refractivity contribution in [1.29, 1.82) is 0 Å². The summed E-state index contributed by atoms with van der Waals surface area (Å²) in [6, 6.07) is 5.65. The van der Waals surface area contributed by atoms with E-state index in [-0.39, 0.29) is 17.1 Å². The minimum atomic E-state index is 0.0556. The Kier molecular flexibility index (Phi) is 3.88. The Morgan fingerprint density at radius 3 is 2.95 bits per heavy atom. The first kappa shape index (κ1) is 14.1. The molecule has 1 amide bonds. The van der Waals surface area contributed by atoms with Gasteiger partial charge in [-0.15, -0.1) is 0 Å². The first-order valence-corrected chi connectivity index (χ1v) is 7.93. The molecule has 1 saturated heterocycles. The fourth-order valence-electron chi connectivity index (χ4n) is 2.37. The van der Waals surface area contributed by atoms with Gasteiger partial charge in [0.25, 0.3) is 0 Å². The van der Waals surface area contributed by atoms with Crippen molar-refractivity contribution in [3.05, 3.63) is 28.0 Å². The number of hydrogen-bond acceptors (Lipinski definition) is 4. The molecule has 0 spiro atoms. The zero-order valence-electron chi connectivity index (χ0n) is 10.4. The van der Waals surface area contributed by atoms with Crippen LogP contribution in [0.3, 0.4) is 0 Å². The molecule has 0 saturated carbocycles. The van der Waals surface area contributed by atoms with Crippen molar-refractivity contribution in [3.63, 3.8) is 0 Å². The number of carbonyl (C=O) groups excluding carboxylic acids is 1.